The molecule has 1 amide bonds. The molecule has 2 aromatic heterocycles. The van der Waals surface area contributed by atoms with Gasteiger partial charge < -0.3 is 10.1 Å². The zero-order valence-corrected chi connectivity index (χ0v) is 20.0. The third kappa shape index (κ3) is 4.71. The predicted molar refractivity (Wildman–Crippen MR) is 131 cm³/mol. The fourth-order valence-corrected chi connectivity index (χ4v) is 4.80. The number of benzene rings is 2. The summed E-state index contributed by atoms with van der Waals surface area (Å²) in [6.07, 6.45) is 1.85. The van der Waals surface area contributed by atoms with Crippen molar-refractivity contribution in [2.24, 2.45) is 0 Å². The van der Waals surface area contributed by atoms with E-state index in [-0.39, 0.29) is 18.1 Å². The number of ether oxygens (including phenoxy) is 1. The Balaban J connectivity index is 1.70. The SMILES string of the molecule is COc1ccc(CNC(=O)Cn2c(=O)n(-c3ccc(C)cc3)c(=O)c3sc(SC)nc32)cc1. The molecular formula is C23H22N4O4S2. The number of thiazole rings is 1. The molecule has 1 N–H and O–H groups in total. The Hall–Kier alpha value is -3.37. The van der Waals surface area contributed by atoms with Crippen LogP contribution < -0.4 is 21.3 Å². The summed E-state index contributed by atoms with van der Waals surface area (Å²) in [7, 11) is 1.59. The molecule has 170 valence electrons. The highest BCUT2D eigenvalue weighted by Gasteiger charge is 2.20. The minimum Gasteiger partial charge on any atom is -0.497 e. The van der Waals surface area contributed by atoms with Crippen LogP contribution in [0.5, 0.6) is 5.75 Å². The van der Waals surface area contributed by atoms with E-state index in [9.17, 15) is 14.4 Å². The topological polar surface area (TPSA) is 95.2 Å². The maximum atomic E-state index is 13.4. The molecule has 0 aliphatic carbocycles. The lowest BCUT2D eigenvalue weighted by molar-refractivity contribution is -0.121. The first kappa shape index (κ1) is 22.8. The van der Waals surface area contributed by atoms with E-state index < -0.39 is 11.2 Å². The van der Waals surface area contributed by atoms with Crippen LogP contribution in [0.25, 0.3) is 16.0 Å². The van der Waals surface area contributed by atoms with Crippen molar-refractivity contribution in [1.82, 2.24) is 19.4 Å². The lowest BCUT2D eigenvalue weighted by Gasteiger charge is -2.12. The van der Waals surface area contributed by atoms with Gasteiger partial charge in [-0.3, -0.25) is 14.2 Å². The molecular weight excluding hydrogens is 460 g/mol. The second kappa shape index (κ2) is 9.63. The molecule has 0 bridgehead atoms. The van der Waals surface area contributed by atoms with Crippen molar-refractivity contribution in [3.8, 4) is 11.4 Å². The Kier molecular flexibility index (Phi) is 6.66. The second-order valence-electron chi connectivity index (χ2n) is 7.31. The zero-order valence-electron chi connectivity index (χ0n) is 18.3. The van der Waals surface area contributed by atoms with E-state index >= 15 is 0 Å². The van der Waals surface area contributed by atoms with E-state index in [1.165, 1.54) is 27.7 Å². The first-order valence-electron chi connectivity index (χ1n) is 10.1. The second-order valence-corrected chi connectivity index (χ2v) is 9.36. The van der Waals surface area contributed by atoms with Gasteiger partial charge in [-0.25, -0.2) is 14.3 Å². The standard InChI is InChI=1S/C23H22N4O4S2/c1-14-4-8-16(9-5-14)27-21(29)19-20(25-22(32-3)33-19)26(23(27)30)13-18(28)24-12-15-6-10-17(31-2)11-7-15/h4-11H,12-13H2,1-3H3,(H,24,28). The van der Waals surface area contributed by atoms with Crippen LogP contribution >= 0.6 is 23.1 Å². The average Bonchev–Trinajstić information content (AvgIpc) is 3.27. The Labute approximate surface area is 197 Å². The summed E-state index contributed by atoms with van der Waals surface area (Å²) >= 11 is 2.60. The van der Waals surface area contributed by atoms with E-state index in [0.717, 1.165) is 21.4 Å². The fraction of sp³-hybridized carbons (Fsp3) is 0.217. The van der Waals surface area contributed by atoms with Gasteiger partial charge in [-0.05, 0) is 43.0 Å². The average molecular weight is 483 g/mol. The molecule has 2 aromatic carbocycles. The Morgan fingerprint density at radius 3 is 2.45 bits per heavy atom. The smallest absolute Gasteiger partial charge is 0.337 e. The minimum atomic E-state index is -0.603. The van der Waals surface area contributed by atoms with E-state index in [4.69, 9.17) is 4.74 Å². The summed E-state index contributed by atoms with van der Waals surface area (Å²) in [5, 5.41) is 2.82. The number of aromatic nitrogens is 3. The van der Waals surface area contributed by atoms with Crippen LogP contribution in [0.1, 0.15) is 11.1 Å². The van der Waals surface area contributed by atoms with Gasteiger partial charge >= 0.3 is 5.69 Å². The van der Waals surface area contributed by atoms with Gasteiger partial charge in [0, 0.05) is 6.54 Å². The van der Waals surface area contributed by atoms with Crippen LogP contribution in [0, 0.1) is 6.92 Å². The van der Waals surface area contributed by atoms with Crippen LogP contribution in [-0.2, 0) is 17.9 Å². The quantitative estimate of drug-likeness (QED) is 0.407. The number of hydrogen-bond donors (Lipinski definition) is 1. The van der Waals surface area contributed by atoms with Crippen LogP contribution in [0.4, 0.5) is 0 Å². The normalized spacial score (nSPS) is 11.0. The highest BCUT2D eigenvalue weighted by atomic mass is 32.2. The van der Waals surface area contributed by atoms with Crippen LogP contribution in [0.3, 0.4) is 0 Å². The maximum absolute atomic E-state index is 13.4. The van der Waals surface area contributed by atoms with Gasteiger partial charge in [-0.2, -0.15) is 0 Å². The highest BCUT2D eigenvalue weighted by Crippen LogP contribution is 2.25. The molecule has 0 radical (unpaired) electrons. The Morgan fingerprint density at radius 1 is 1.12 bits per heavy atom. The van der Waals surface area contributed by atoms with Crippen molar-refractivity contribution in [3.63, 3.8) is 0 Å². The van der Waals surface area contributed by atoms with Crippen LogP contribution in [0.2, 0.25) is 0 Å². The van der Waals surface area contributed by atoms with Gasteiger partial charge in [0.05, 0.1) is 12.8 Å². The van der Waals surface area contributed by atoms with Gasteiger partial charge in [0.1, 0.15) is 17.0 Å². The lowest BCUT2D eigenvalue weighted by atomic mass is 10.2. The highest BCUT2D eigenvalue weighted by molar-refractivity contribution is 8.00. The van der Waals surface area contributed by atoms with Crippen molar-refractivity contribution in [3.05, 3.63) is 80.5 Å². The number of aryl methyl sites for hydroxylation is 1. The number of carbonyl (C=O) groups is 1. The molecule has 0 atom stereocenters. The Bertz CT molecular complexity index is 1420. The number of nitrogens with zero attached hydrogens (tertiary/aromatic N) is 3. The van der Waals surface area contributed by atoms with Gasteiger partial charge in [0.15, 0.2) is 9.99 Å². The van der Waals surface area contributed by atoms with Crippen molar-refractivity contribution in [2.45, 2.75) is 24.4 Å². The van der Waals surface area contributed by atoms with Crippen LogP contribution in [0.15, 0.2) is 62.5 Å². The maximum Gasteiger partial charge on any atom is 0.337 e. The molecule has 0 saturated carbocycles. The molecule has 8 nitrogen and oxygen atoms in total. The number of hydrogen-bond acceptors (Lipinski definition) is 7. The van der Waals surface area contributed by atoms with E-state index in [1.807, 2.05) is 49.6 Å². The van der Waals surface area contributed by atoms with E-state index in [2.05, 4.69) is 10.3 Å². The first-order valence-corrected chi connectivity index (χ1v) is 12.1. The minimum absolute atomic E-state index is 0.224. The third-order valence-corrected chi connectivity index (χ3v) is 7.10. The monoisotopic (exact) mass is 482 g/mol. The molecule has 0 aliphatic heterocycles. The van der Waals surface area contributed by atoms with Crippen molar-refractivity contribution >= 4 is 39.4 Å². The summed E-state index contributed by atoms with van der Waals surface area (Å²) < 4.78 is 8.48. The van der Waals surface area contributed by atoms with Gasteiger partial charge in [0.25, 0.3) is 5.56 Å². The number of rotatable bonds is 7. The summed E-state index contributed by atoms with van der Waals surface area (Å²) in [5.41, 5.74) is 1.53. The molecule has 0 saturated heterocycles. The predicted octanol–water partition coefficient (Wildman–Crippen LogP) is 2.96. The first-order chi connectivity index (χ1) is 15.9. The zero-order chi connectivity index (χ0) is 23.5. The van der Waals surface area contributed by atoms with Gasteiger partial charge in [-0.15, -0.1) is 11.3 Å². The van der Waals surface area contributed by atoms with Gasteiger partial charge in [-0.1, -0.05) is 41.6 Å². The lowest BCUT2D eigenvalue weighted by Crippen LogP contribution is -2.41. The summed E-state index contributed by atoms with van der Waals surface area (Å²) in [5.74, 6) is 0.368. The number of thioether (sulfide) groups is 1. The molecule has 10 heteroatoms. The summed E-state index contributed by atoms with van der Waals surface area (Å²) in [4.78, 5) is 43.7. The van der Waals surface area contributed by atoms with E-state index in [1.54, 1.807) is 19.2 Å². The number of fused-ring (bicyclic) bond motifs is 1. The number of nitrogens with one attached hydrogen (secondary N) is 1. The van der Waals surface area contributed by atoms with Crippen molar-refractivity contribution in [2.75, 3.05) is 13.4 Å². The molecule has 0 spiro atoms. The molecule has 0 unspecified atom stereocenters. The third-order valence-electron chi connectivity index (χ3n) is 5.08. The molecule has 2 heterocycles. The summed E-state index contributed by atoms with van der Waals surface area (Å²) in [6, 6.07) is 14.4. The summed E-state index contributed by atoms with van der Waals surface area (Å²) in [6.45, 7) is 1.97. The molecule has 33 heavy (non-hydrogen) atoms. The van der Waals surface area contributed by atoms with Crippen molar-refractivity contribution in [1.29, 1.82) is 0 Å². The van der Waals surface area contributed by atoms with Gasteiger partial charge in [0.2, 0.25) is 5.91 Å². The van der Waals surface area contributed by atoms with Crippen molar-refractivity contribution < 1.29 is 9.53 Å². The molecule has 4 rings (SSSR count). The largest absolute Gasteiger partial charge is 0.497 e. The Morgan fingerprint density at radius 2 is 1.82 bits per heavy atom. The fourth-order valence-electron chi connectivity index (χ4n) is 3.31. The van der Waals surface area contributed by atoms with Crippen LogP contribution in [-0.4, -0.2) is 33.4 Å². The molecule has 0 fully saturated rings. The number of carbonyl (C=O) groups excluding carboxylic acids is 1. The molecule has 4 aromatic rings. The number of methoxy groups -OCH3 is 1. The molecule has 0 aliphatic rings. The van der Waals surface area contributed by atoms with E-state index in [0.29, 0.717) is 21.3 Å². The number of amides is 1.